The highest BCUT2D eigenvalue weighted by Gasteiger charge is 2.55. The third-order valence-electron chi connectivity index (χ3n) is 5.02. The molecule has 0 aliphatic carbocycles. The lowest BCUT2D eigenvalue weighted by Gasteiger charge is -2.52. The van der Waals surface area contributed by atoms with E-state index in [-0.39, 0.29) is 18.1 Å². The van der Waals surface area contributed by atoms with Crippen LogP contribution in [-0.4, -0.2) is 72.0 Å². The number of sulfone groups is 1. The van der Waals surface area contributed by atoms with Gasteiger partial charge >= 0.3 is 6.09 Å². The first kappa shape index (κ1) is 19.5. The molecule has 2 N–H and O–H groups in total. The van der Waals surface area contributed by atoms with Gasteiger partial charge in [-0.25, -0.2) is 13.2 Å². The molecule has 2 atom stereocenters. The largest absolute Gasteiger partial charge is 0.444 e. The minimum absolute atomic E-state index is 0.0159. The fourth-order valence-electron chi connectivity index (χ4n) is 3.79. The second-order valence-corrected chi connectivity index (χ2v) is 10.4. The summed E-state index contributed by atoms with van der Waals surface area (Å²) < 4.78 is 29.5. The van der Waals surface area contributed by atoms with Crippen molar-refractivity contribution in [1.82, 2.24) is 4.90 Å². The normalized spacial score (nSPS) is 34.0. The van der Waals surface area contributed by atoms with Gasteiger partial charge in [0, 0.05) is 12.0 Å². The van der Waals surface area contributed by atoms with E-state index in [0.29, 0.717) is 32.2 Å². The quantitative estimate of drug-likeness (QED) is 0.756. The van der Waals surface area contributed by atoms with E-state index in [1.165, 1.54) is 4.90 Å². The van der Waals surface area contributed by atoms with Crippen LogP contribution in [0.4, 0.5) is 4.79 Å². The van der Waals surface area contributed by atoms with E-state index >= 15 is 0 Å². The van der Waals surface area contributed by atoms with Gasteiger partial charge in [-0.15, -0.1) is 0 Å². The summed E-state index contributed by atoms with van der Waals surface area (Å²) in [5.41, 5.74) is -3.19. The average Bonchev–Trinajstić information content (AvgIpc) is 2.44. The Morgan fingerprint density at radius 3 is 2.46 bits per heavy atom. The van der Waals surface area contributed by atoms with Gasteiger partial charge in [-0.05, 0) is 46.5 Å². The first-order valence-electron chi connectivity index (χ1n) is 8.44. The maximum Gasteiger partial charge on any atom is 0.410 e. The Labute approximate surface area is 143 Å². The van der Waals surface area contributed by atoms with Crippen molar-refractivity contribution in [3.05, 3.63) is 0 Å². The lowest BCUT2D eigenvalue weighted by molar-refractivity contribution is -0.138. The Bertz CT molecular complexity index is 584. The van der Waals surface area contributed by atoms with Crippen molar-refractivity contribution in [2.75, 3.05) is 31.2 Å². The number of aliphatic hydroxyl groups is 2. The van der Waals surface area contributed by atoms with Gasteiger partial charge < -0.3 is 19.8 Å². The molecule has 0 aromatic rings. The van der Waals surface area contributed by atoms with Crippen LogP contribution in [0.15, 0.2) is 0 Å². The van der Waals surface area contributed by atoms with Gasteiger partial charge in [0.2, 0.25) is 0 Å². The number of rotatable bonds is 2. The maximum absolute atomic E-state index is 12.3. The van der Waals surface area contributed by atoms with Crippen LogP contribution in [0.5, 0.6) is 0 Å². The zero-order valence-corrected chi connectivity index (χ0v) is 15.6. The van der Waals surface area contributed by atoms with Gasteiger partial charge in [0.25, 0.3) is 0 Å². The fourth-order valence-corrected chi connectivity index (χ4v) is 5.86. The summed E-state index contributed by atoms with van der Waals surface area (Å²) in [6.45, 7) is 5.33. The first-order valence-corrected chi connectivity index (χ1v) is 10.3. The van der Waals surface area contributed by atoms with Crippen LogP contribution in [0.3, 0.4) is 0 Å². The molecular weight excluding hydrogens is 334 g/mol. The Kier molecular flexibility index (Phi) is 5.24. The van der Waals surface area contributed by atoms with E-state index in [9.17, 15) is 23.4 Å². The number of amides is 1. The van der Waals surface area contributed by atoms with Crippen molar-refractivity contribution in [3.63, 3.8) is 0 Å². The molecule has 2 fully saturated rings. The van der Waals surface area contributed by atoms with Crippen LogP contribution in [0.2, 0.25) is 0 Å². The third-order valence-corrected chi connectivity index (χ3v) is 6.92. The van der Waals surface area contributed by atoms with Crippen molar-refractivity contribution < 1.29 is 28.2 Å². The molecule has 2 heterocycles. The minimum Gasteiger partial charge on any atom is -0.444 e. The van der Waals surface area contributed by atoms with Gasteiger partial charge in [0.15, 0.2) is 9.84 Å². The molecule has 140 valence electrons. The summed E-state index contributed by atoms with van der Waals surface area (Å²) in [5, 5.41) is 21.2. The Hall–Kier alpha value is -0.860. The Morgan fingerprint density at radius 1 is 1.25 bits per heavy atom. The van der Waals surface area contributed by atoms with E-state index in [1.807, 2.05) is 0 Å². The molecule has 2 rings (SSSR count). The van der Waals surface area contributed by atoms with Crippen LogP contribution in [0, 0.1) is 5.41 Å². The summed E-state index contributed by atoms with van der Waals surface area (Å²) in [6, 6.07) is 0. The number of nitrogens with zero attached hydrogens (tertiary/aromatic N) is 1. The van der Waals surface area contributed by atoms with E-state index in [0.717, 1.165) is 0 Å². The van der Waals surface area contributed by atoms with Crippen molar-refractivity contribution in [2.45, 2.75) is 57.7 Å². The van der Waals surface area contributed by atoms with Crippen LogP contribution in [0.1, 0.15) is 46.5 Å². The Morgan fingerprint density at radius 2 is 1.92 bits per heavy atom. The first-order chi connectivity index (χ1) is 10.9. The van der Waals surface area contributed by atoms with Crippen molar-refractivity contribution >= 4 is 15.9 Å². The number of ether oxygens (including phenoxy) is 1. The molecule has 0 aromatic heterocycles. The highest BCUT2D eigenvalue weighted by Crippen LogP contribution is 2.45. The van der Waals surface area contributed by atoms with E-state index in [2.05, 4.69) is 0 Å². The van der Waals surface area contributed by atoms with Gasteiger partial charge in [-0.3, -0.25) is 0 Å². The molecule has 2 saturated heterocycles. The summed E-state index contributed by atoms with van der Waals surface area (Å²) in [6.07, 6.45) is 1.23. The predicted octanol–water partition coefficient (Wildman–Crippen LogP) is 0.936. The zero-order valence-electron chi connectivity index (χ0n) is 14.7. The van der Waals surface area contributed by atoms with Crippen molar-refractivity contribution in [1.29, 1.82) is 0 Å². The monoisotopic (exact) mass is 363 g/mol. The second kappa shape index (κ2) is 6.46. The molecule has 2 aliphatic heterocycles. The molecule has 0 saturated carbocycles. The number of hydrogen-bond acceptors (Lipinski definition) is 6. The highest BCUT2D eigenvalue weighted by atomic mass is 32.2. The van der Waals surface area contributed by atoms with Gasteiger partial charge in [-0.2, -0.15) is 0 Å². The van der Waals surface area contributed by atoms with E-state index in [4.69, 9.17) is 4.74 Å². The van der Waals surface area contributed by atoms with Crippen molar-refractivity contribution in [2.24, 2.45) is 5.41 Å². The fraction of sp³-hybridized carbons (Fsp3) is 0.938. The number of piperidine rings is 1. The van der Waals surface area contributed by atoms with Crippen LogP contribution in [0.25, 0.3) is 0 Å². The standard InChI is InChI=1S/C16H29NO6S/c1-14(2,3)23-13(19)17-8-4-7-16(20,10-17)15(11-18)6-5-9-24(21,22)12-15/h18,20H,4-12H2,1-3H3. The molecule has 2 unspecified atom stereocenters. The number of likely N-dealkylation sites (tertiary alicyclic amines) is 1. The van der Waals surface area contributed by atoms with Gasteiger partial charge in [-0.1, -0.05) is 0 Å². The summed E-state index contributed by atoms with van der Waals surface area (Å²) >= 11 is 0. The summed E-state index contributed by atoms with van der Waals surface area (Å²) in [5.74, 6) is -0.157. The number of β-amino-alcohol motifs (C(OH)–C–C–N with tert-alkyl or cyclic N) is 1. The van der Waals surface area contributed by atoms with Crippen LogP contribution < -0.4 is 0 Å². The zero-order chi connectivity index (χ0) is 18.2. The molecule has 1 amide bonds. The average molecular weight is 363 g/mol. The third kappa shape index (κ3) is 4.03. The molecule has 7 nitrogen and oxygen atoms in total. The summed E-state index contributed by atoms with van der Waals surface area (Å²) in [4.78, 5) is 13.7. The van der Waals surface area contributed by atoms with Gasteiger partial charge in [0.1, 0.15) is 5.60 Å². The van der Waals surface area contributed by atoms with E-state index < -0.39 is 39.2 Å². The van der Waals surface area contributed by atoms with Gasteiger partial charge in [0.05, 0.1) is 30.3 Å². The highest BCUT2D eigenvalue weighted by molar-refractivity contribution is 7.91. The molecule has 2 aliphatic rings. The Balaban J connectivity index is 2.23. The second-order valence-electron chi connectivity index (χ2n) is 8.17. The minimum atomic E-state index is -3.31. The number of hydrogen-bond donors (Lipinski definition) is 2. The van der Waals surface area contributed by atoms with Crippen molar-refractivity contribution in [3.8, 4) is 0 Å². The summed E-state index contributed by atoms with van der Waals surface area (Å²) in [7, 11) is -3.31. The molecule has 24 heavy (non-hydrogen) atoms. The molecule has 0 spiro atoms. The van der Waals surface area contributed by atoms with E-state index in [1.54, 1.807) is 20.8 Å². The smallest absolute Gasteiger partial charge is 0.410 e. The number of carbonyl (C=O) groups excluding carboxylic acids is 1. The lowest BCUT2D eigenvalue weighted by atomic mass is 9.67. The SMILES string of the molecule is CC(C)(C)OC(=O)N1CCCC(O)(C2(CO)CCCS(=O)(=O)C2)C1. The number of aliphatic hydroxyl groups excluding tert-OH is 1. The number of carbonyl (C=O) groups is 1. The maximum atomic E-state index is 12.3. The molecule has 0 bridgehead atoms. The van der Waals surface area contributed by atoms with Crippen LogP contribution in [-0.2, 0) is 14.6 Å². The molecule has 8 heteroatoms. The molecule has 0 radical (unpaired) electrons. The molecule has 0 aromatic carbocycles. The predicted molar refractivity (Wildman–Crippen MR) is 89.4 cm³/mol. The topological polar surface area (TPSA) is 104 Å². The molecular formula is C16H29NO6S. The van der Waals surface area contributed by atoms with Crippen LogP contribution >= 0.6 is 0 Å². The lowest BCUT2D eigenvalue weighted by Crippen LogP contribution is -2.64.